The number of esters is 1. The van der Waals surface area contributed by atoms with Crippen molar-refractivity contribution in [2.45, 2.75) is 83.7 Å². The number of hydrogen-bond donors (Lipinski definition) is 1. The van der Waals surface area contributed by atoms with E-state index in [1.165, 1.54) is 0 Å². The van der Waals surface area contributed by atoms with E-state index in [-0.39, 0.29) is 18.2 Å². The zero-order valence-corrected chi connectivity index (χ0v) is 13.4. The van der Waals surface area contributed by atoms with Gasteiger partial charge in [0.1, 0.15) is 11.7 Å². The summed E-state index contributed by atoms with van der Waals surface area (Å²) in [4.78, 5) is 11.8. The highest BCUT2D eigenvalue weighted by atomic mass is 16.6. The molecule has 0 heterocycles. The average Bonchev–Trinajstić information content (AvgIpc) is 2.30. The van der Waals surface area contributed by atoms with Gasteiger partial charge < -0.3 is 14.6 Å². The molecule has 20 heavy (non-hydrogen) atoms. The lowest BCUT2D eigenvalue weighted by Gasteiger charge is -2.44. The number of hydrogen-bond acceptors (Lipinski definition) is 4. The Hall–Kier alpha value is -0.870. The Morgan fingerprint density at radius 1 is 1.45 bits per heavy atom. The summed E-state index contributed by atoms with van der Waals surface area (Å²) >= 11 is 0. The molecule has 1 fully saturated rings. The molecule has 0 radical (unpaired) electrons. The van der Waals surface area contributed by atoms with Crippen LogP contribution in [0, 0.1) is 0 Å². The predicted octanol–water partition coefficient (Wildman–Crippen LogP) is 2.98. The predicted molar refractivity (Wildman–Crippen MR) is 78.4 cm³/mol. The third kappa shape index (κ3) is 4.32. The SMILES string of the molecule is C=C(C)C(=O)OC1CCCCC1(C)OC(C)C(C)(C)O. The lowest BCUT2D eigenvalue weighted by Crippen LogP contribution is -2.52. The Balaban J connectivity index is 2.80. The molecule has 3 unspecified atom stereocenters. The normalized spacial score (nSPS) is 28.8. The Kier molecular flexibility index (Phi) is 5.39. The molecule has 4 heteroatoms. The molecule has 3 atom stereocenters. The van der Waals surface area contributed by atoms with Crippen molar-refractivity contribution in [1.82, 2.24) is 0 Å². The van der Waals surface area contributed by atoms with Gasteiger partial charge in [-0.25, -0.2) is 4.79 Å². The lowest BCUT2D eigenvalue weighted by atomic mass is 9.82. The molecule has 0 aromatic heterocycles. The number of carbonyl (C=O) groups excluding carboxylic acids is 1. The van der Waals surface area contributed by atoms with Gasteiger partial charge in [-0.2, -0.15) is 0 Å². The Morgan fingerprint density at radius 3 is 2.55 bits per heavy atom. The molecule has 4 nitrogen and oxygen atoms in total. The minimum atomic E-state index is -0.927. The second-order valence-corrected chi connectivity index (χ2v) is 6.65. The monoisotopic (exact) mass is 284 g/mol. The minimum Gasteiger partial charge on any atom is -0.456 e. The average molecular weight is 284 g/mol. The summed E-state index contributed by atoms with van der Waals surface area (Å²) < 4.78 is 11.6. The van der Waals surface area contributed by atoms with Crippen molar-refractivity contribution in [3.05, 3.63) is 12.2 Å². The van der Waals surface area contributed by atoms with Gasteiger partial charge in [0.15, 0.2) is 0 Å². The summed E-state index contributed by atoms with van der Waals surface area (Å²) in [6.07, 6.45) is 3.04. The molecule has 1 N–H and O–H groups in total. The fourth-order valence-electron chi connectivity index (χ4n) is 2.37. The van der Waals surface area contributed by atoms with Crippen molar-refractivity contribution in [2.24, 2.45) is 0 Å². The van der Waals surface area contributed by atoms with Gasteiger partial charge in [0.05, 0.1) is 11.7 Å². The summed E-state index contributed by atoms with van der Waals surface area (Å²) in [7, 11) is 0. The van der Waals surface area contributed by atoms with Crippen LogP contribution in [0.2, 0.25) is 0 Å². The van der Waals surface area contributed by atoms with E-state index in [1.807, 2.05) is 13.8 Å². The largest absolute Gasteiger partial charge is 0.456 e. The third-order valence-corrected chi connectivity index (χ3v) is 4.11. The minimum absolute atomic E-state index is 0.287. The van der Waals surface area contributed by atoms with Gasteiger partial charge in [-0.05, 0) is 53.9 Å². The number of rotatable bonds is 5. The van der Waals surface area contributed by atoms with Crippen LogP contribution in [0.25, 0.3) is 0 Å². The first-order chi connectivity index (χ1) is 9.06. The fraction of sp³-hybridized carbons (Fsp3) is 0.812. The van der Waals surface area contributed by atoms with Crippen LogP contribution in [-0.4, -0.2) is 34.5 Å². The quantitative estimate of drug-likeness (QED) is 0.623. The molecule has 0 bridgehead atoms. The first-order valence-corrected chi connectivity index (χ1v) is 7.33. The highest BCUT2D eigenvalue weighted by Crippen LogP contribution is 2.36. The van der Waals surface area contributed by atoms with Crippen LogP contribution in [0.5, 0.6) is 0 Å². The van der Waals surface area contributed by atoms with Crippen LogP contribution in [0.3, 0.4) is 0 Å². The summed E-state index contributed by atoms with van der Waals surface area (Å²) in [6.45, 7) is 12.5. The van der Waals surface area contributed by atoms with E-state index < -0.39 is 11.2 Å². The summed E-state index contributed by atoms with van der Waals surface area (Å²) in [5, 5.41) is 10.0. The molecule has 0 aliphatic heterocycles. The smallest absolute Gasteiger partial charge is 0.333 e. The van der Waals surface area contributed by atoms with Crippen LogP contribution in [-0.2, 0) is 14.3 Å². The number of aliphatic hydroxyl groups is 1. The standard InChI is InChI=1S/C16H28O4/c1-11(2)14(17)19-13-9-7-8-10-16(13,6)20-12(3)15(4,5)18/h12-13,18H,1,7-10H2,2-6H3. The van der Waals surface area contributed by atoms with Crippen LogP contribution in [0.4, 0.5) is 0 Å². The molecule has 1 saturated carbocycles. The number of carbonyl (C=O) groups is 1. The van der Waals surface area contributed by atoms with Gasteiger partial charge >= 0.3 is 5.97 Å². The van der Waals surface area contributed by atoms with Crippen molar-refractivity contribution in [2.75, 3.05) is 0 Å². The molecule has 0 aromatic rings. The van der Waals surface area contributed by atoms with Crippen molar-refractivity contribution in [3.63, 3.8) is 0 Å². The van der Waals surface area contributed by atoms with E-state index in [4.69, 9.17) is 9.47 Å². The maximum Gasteiger partial charge on any atom is 0.333 e. The summed E-state index contributed by atoms with van der Waals surface area (Å²) in [5.74, 6) is -0.373. The van der Waals surface area contributed by atoms with Crippen LogP contribution in [0.15, 0.2) is 12.2 Å². The molecule has 1 aliphatic carbocycles. The van der Waals surface area contributed by atoms with E-state index in [0.29, 0.717) is 5.57 Å². The molecule has 0 aromatic carbocycles. The van der Waals surface area contributed by atoms with Gasteiger partial charge in [0.2, 0.25) is 0 Å². The van der Waals surface area contributed by atoms with Crippen molar-refractivity contribution in [1.29, 1.82) is 0 Å². The zero-order chi connectivity index (χ0) is 15.6. The first-order valence-electron chi connectivity index (χ1n) is 7.33. The summed E-state index contributed by atoms with van der Waals surface area (Å²) in [6, 6.07) is 0. The van der Waals surface area contributed by atoms with Crippen LogP contribution < -0.4 is 0 Å². The van der Waals surface area contributed by atoms with Gasteiger partial charge in [-0.1, -0.05) is 13.0 Å². The van der Waals surface area contributed by atoms with Crippen LogP contribution >= 0.6 is 0 Å². The number of ether oxygens (including phenoxy) is 2. The van der Waals surface area contributed by atoms with Gasteiger partial charge in [-0.15, -0.1) is 0 Å². The topological polar surface area (TPSA) is 55.8 Å². The fourth-order valence-corrected chi connectivity index (χ4v) is 2.37. The van der Waals surface area contributed by atoms with E-state index in [1.54, 1.807) is 20.8 Å². The first kappa shape index (κ1) is 17.2. The lowest BCUT2D eigenvalue weighted by molar-refractivity contribution is -0.210. The van der Waals surface area contributed by atoms with E-state index in [2.05, 4.69) is 6.58 Å². The van der Waals surface area contributed by atoms with E-state index >= 15 is 0 Å². The molecule has 1 aliphatic rings. The molecular weight excluding hydrogens is 256 g/mol. The summed E-state index contributed by atoms with van der Waals surface area (Å²) in [5.41, 5.74) is -1.08. The van der Waals surface area contributed by atoms with E-state index in [0.717, 1.165) is 25.7 Å². The molecule has 0 saturated heterocycles. The Labute approximate surface area is 122 Å². The van der Waals surface area contributed by atoms with Gasteiger partial charge in [0, 0.05) is 5.57 Å². The van der Waals surface area contributed by atoms with Crippen molar-refractivity contribution in [3.8, 4) is 0 Å². The highest BCUT2D eigenvalue weighted by molar-refractivity contribution is 5.87. The van der Waals surface area contributed by atoms with Gasteiger partial charge in [-0.3, -0.25) is 0 Å². The second kappa shape index (κ2) is 6.27. The molecule has 116 valence electrons. The molecule has 0 amide bonds. The zero-order valence-electron chi connectivity index (χ0n) is 13.4. The highest BCUT2D eigenvalue weighted by Gasteiger charge is 2.43. The molecular formula is C16H28O4. The Morgan fingerprint density at radius 2 is 2.05 bits per heavy atom. The van der Waals surface area contributed by atoms with Gasteiger partial charge in [0.25, 0.3) is 0 Å². The van der Waals surface area contributed by atoms with Crippen LogP contribution in [0.1, 0.15) is 60.3 Å². The maximum atomic E-state index is 11.8. The molecule has 1 rings (SSSR count). The van der Waals surface area contributed by atoms with E-state index in [9.17, 15) is 9.90 Å². The second-order valence-electron chi connectivity index (χ2n) is 6.65. The van der Waals surface area contributed by atoms with Crippen molar-refractivity contribution < 1.29 is 19.4 Å². The third-order valence-electron chi connectivity index (χ3n) is 4.11. The van der Waals surface area contributed by atoms with Crippen molar-refractivity contribution >= 4 is 5.97 Å². The Bertz CT molecular complexity index is 369. The maximum absolute atomic E-state index is 11.8. The molecule has 0 spiro atoms.